The smallest absolute Gasteiger partial charge is 0.416 e. The molecule has 3 rings (SSSR count). The SMILES string of the molecule is CCCCC(C(=O)N1CCOC1=O)c1ccccc1Sc1ccccc1. The predicted molar refractivity (Wildman–Crippen MR) is 102 cm³/mol. The summed E-state index contributed by atoms with van der Waals surface area (Å²) >= 11 is 1.65. The van der Waals surface area contributed by atoms with Crippen LogP contribution in [0.25, 0.3) is 0 Å². The molecule has 0 bridgehead atoms. The first-order chi connectivity index (χ1) is 12.7. The molecule has 1 saturated heterocycles. The summed E-state index contributed by atoms with van der Waals surface area (Å²) in [5.74, 6) is -0.477. The molecule has 0 saturated carbocycles. The Labute approximate surface area is 158 Å². The van der Waals surface area contributed by atoms with E-state index >= 15 is 0 Å². The second-order valence-corrected chi connectivity index (χ2v) is 7.37. The van der Waals surface area contributed by atoms with Gasteiger partial charge in [0, 0.05) is 9.79 Å². The molecule has 4 nitrogen and oxygen atoms in total. The number of cyclic esters (lactones) is 1. The van der Waals surface area contributed by atoms with Crippen molar-refractivity contribution in [2.75, 3.05) is 13.2 Å². The first-order valence-electron chi connectivity index (χ1n) is 9.00. The lowest BCUT2D eigenvalue weighted by molar-refractivity contribution is -0.129. The topological polar surface area (TPSA) is 46.6 Å². The number of carbonyl (C=O) groups excluding carboxylic acids is 2. The van der Waals surface area contributed by atoms with Crippen LogP contribution in [0.5, 0.6) is 0 Å². The van der Waals surface area contributed by atoms with Gasteiger partial charge in [-0.1, -0.05) is 67.9 Å². The van der Waals surface area contributed by atoms with Crippen LogP contribution in [0, 0.1) is 0 Å². The minimum Gasteiger partial charge on any atom is -0.447 e. The van der Waals surface area contributed by atoms with Gasteiger partial charge in [0.2, 0.25) is 5.91 Å². The molecule has 136 valence electrons. The van der Waals surface area contributed by atoms with Crippen LogP contribution in [0.15, 0.2) is 64.4 Å². The normalized spacial score (nSPS) is 15.0. The van der Waals surface area contributed by atoms with Gasteiger partial charge in [-0.05, 0) is 30.2 Å². The Morgan fingerprint density at radius 1 is 1.15 bits per heavy atom. The van der Waals surface area contributed by atoms with Gasteiger partial charge in [0.15, 0.2) is 0 Å². The summed E-state index contributed by atoms with van der Waals surface area (Å²) in [4.78, 5) is 28.4. The maximum absolute atomic E-state index is 13.1. The van der Waals surface area contributed by atoms with Gasteiger partial charge < -0.3 is 4.74 Å². The number of imide groups is 1. The second-order valence-electron chi connectivity index (χ2n) is 6.25. The number of rotatable bonds is 7. The molecule has 1 fully saturated rings. The van der Waals surface area contributed by atoms with E-state index in [4.69, 9.17) is 4.74 Å². The van der Waals surface area contributed by atoms with Gasteiger partial charge in [0.25, 0.3) is 0 Å². The number of benzene rings is 2. The zero-order valence-electron chi connectivity index (χ0n) is 14.9. The van der Waals surface area contributed by atoms with Crippen molar-refractivity contribution in [3.05, 3.63) is 60.2 Å². The molecule has 0 aliphatic carbocycles. The summed E-state index contributed by atoms with van der Waals surface area (Å²) in [5, 5.41) is 0. The predicted octanol–water partition coefficient (Wildman–Crippen LogP) is 5.09. The molecule has 5 heteroatoms. The van der Waals surface area contributed by atoms with E-state index in [0.29, 0.717) is 6.54 Å². The number of hydrogen-bond acceptors (Lipinski definition) is 4. The molecule has 0 spiro atoms. The van der Waals surface area contributed by atoms with Crippen molar-refractivity contribution < 1.29 is 14.3 Å². The minimum absolute atomic E-state index is 0.151. The summed E-state index contributed by atoms with van der Waals surface area (Å²) in [7, 11) is 0. The summed E-state index contributed by atoms with van der Waals surface area (Å²) in [5.41, 5.74) is 0.986. The lowest BCUT2D eigenvalue weighted by Gasteiger charge is -2.22. The van der Waals surface area contributed by atoms with Gasteiger partial charge in [0.05, 0.1) is 12.5 Å². The molecule has 0 N–H and O–H groups in total. The molecule has 0 radical (unpaired) electrons. The first kappa shape index (κ1) is 18.5. The maximum atomic E-state index is 13.1. The number of amides is 2. The standard InChI is InChI=1S/C21H23NO3S/c1-2-3-11-18(20(23)22-14-15-25-21(22)24)17-12-7-8-13-19(17)26-16-9-5-4-6-10-16/h4-10,12-13,18H,2-3,11,14-15H2,1H3. The highest BCUT2D eigenvalue weighted by atomic mass is 32.2. The average Bonchev–Trinajstić information content (AvgIpc) is 3.10. The van der Waals surface area contributed by atoms with Crippen molar-refractivity contribution in [2.45, 2.75) is 41.9 Å². The summed E-state index contributed by atoms with van der Waals surface area (Å²) in [6, 6.07) is 18.1. The van der Waals surface area contributed by atoms with Gasteiger partial charge >= 0.3 is 6.09 Å². The van der Waals surface area contributed by atoms with Gasteiger partial charge in [-0.25, -0.2) is 9.69 Å². The third-order valence-electron chi connectivity index (χ3n) is 4.44. The Morgan fingerprint density at radius 3 is 2.58 bits per heavy atom. The zero-order chi connectivity index (χ0) is 18.4. The molecule has 0 aromatic heterocycles. The largest absolute Gasteiger partial charge is 0.447 e. The molecule has 1 aliphatic rings. The van der Waals surface area contributed by atoms with Crippen molar-refractivity contribution >= 4 is 23.8 Å². The van der Waals surface area contributed by atoms with Gasteiger partial charge in [-0.15, -0.1) is 0 Å². The number of nitrogens with zero attached hydrogens (tertiary/aromatic N) is 1. The number of unbranched alkanes of at least 4 members (excludes halogenated alkanes) is 1. The minimum atomic E-state index is -0.523. The van der Waals surface area contributed by atoms with Crippen LogP contribution in [0.4, 0.5) is 4.79 Å². The third kappa shape index (κ3) is 4.28. The van der Waals surface area contributed by atoms with E-state index in [-0.39, 0.29) is 18.4 Å². The highest BCUT2D eigenvalue weighted by Gasteiger charge is 2.34. The van der Waals surface area contributed by atoms with Crippen LogP contribution in [-0.2, 0) is 9.53 Å². The Hall–Kier alpha value is -2.27. The average molecular weight is 369 g/mol. The van der Waals surface area contributed by atoms with Gasteiger partial charge in [0.1, 0.15) is 6.61 Å². The van der Waals surface area contributed by atoms with Crippen LogP contribution in [0.2, 0.25) is 0 Å². The lowest BCUT2D eigenvalue weighted by Crippen LogP contribution is -2.36. The van der Waals surface area contributed by atoms with Gasteiger partial charge in [-0.2, -0.15) is 0 Å². The Kier molecular flexibility index (Phi) is 6.34. The summed E-state index contributed by atoms with van der Waals surface area (Å²) < 4.78 is 4.96. The Morgan fingerprint density at radius 2 is 1.88 bits per heavy atom. The van der Waals surface area contributed by atoms with E-state index in [1.54, 1.807) is 11.8 Å². The second kappa shape index (κ2) is 8.90. The van der Waals surface area contributed by atoms with E-state index in [0.717, 1.165) is 34.6 Å². The van der Waals surface area contributed by atoms with E-state index in [1.165, 1.54) is 4.90 Å². The molecular weight excluding hydrogens is 346 g/mol. The fraction of sp³-hybridized carbons (Fsp3) is 0.333. The van der Waals surface area contributed by atoms with E-state index in [9.17, 15) is 9.59 Å². The molecular formula is C21H23NO3S. The lowest BCUT2D eigenvalue weighted by atomic mass is 9.92. The van der Waals surface area contributed by atoms with E-state index in [2.05, 4.69) is 19.1 Å². The highest BCUT2D eigenvalue weighted by Crippen LogP contribution is 2.37. The molecule has 2 amide bonds. The number of ether oxygens (including phenoxy) is 1. The Bertz CT molecular complexity index is 763. The Balaban J connectivity index is 1.91. The van der Waals surface area contributed by atoms with Crippen LogP contribution in [0.1, 0.15) is 37.7 Å². The monoisotopic (exact) mass is 369 g/mol. The summed E-state index contributed by atoms with van der Waals surface area (Å²) in [6.07, 6.45) is 2.14. The maximum Gasteiger partial charge on any atom is 0.416 e. The molecule has 1 heterocycles. The molecule has 1 aliphatic heterocycles. The molecule has 26 heavy (non-hydrogen) atoms. The number of hydrogen-bond donors (Lipinski definition) is 0. The number of carbonyl (C=O) groups is 2. The van der Waals surface area contributed by atoms with E-state index in [1.807, 2.05) is 42.5 Å². The molecule has 2 aromatic rings. The van der Waals surface area contributed by atoms with Crippen molar-refractivity contribution in [3.63, 3.8) is 0 Å². The van der Waals surface area contributed by atoms with E-state index < -0.39 is 6.09 Å². The fourth-order valence-electron chi connectivity index (χ4n) is 3.08. The zero-order valence-corrected chi connectivity index (χ0v) is 15.7. The third-order valence-corrected chi connectivity index (χ3v) is 5.54. The first-order valence-corrected chi connectivity index (χ1v) is 9.82. The van der Waals surface area contributed by atoms with Crippen molar-refractivity contribution in [3.8, 4) is 0 Å². The van der Waals surface area contributed by atoms with Crippen molar-refractivity contribution in [2.24, 2.45) is 0 Å². The van der Waals surface area contributed by atoms with Crippen molar-refractivity contribution in [1.29, 1.82) is 0 Å². The van der Waals surface area contributed by atoms with Crippen LogP contribution in [0.3, 0.4) is 0 Å². The van der Waals surface area contributed by atoms with Crippen LogP contribution >= 0.6 is 11.8 Å². The molecule has 1 atom stereocenters. The highest BCUT2D eigenvalue weighted by molar-refractivity contribution is 7.99. The van der Waals surface area contributed by atoms with Crippen LogP contribution < -0.4 is 0 Å². The van der Waals surface area contributed by atoms with Gasteiger partial charge in [-0.3, -0.25) is 4.79 Å². The molecule has 1 unspecified atom stereocenters. The fourth-order valence-corrected chi connectivity index (χ4v) is 4.10. The quantitative estimate of drug-likeness (QED) is 0.682. The summed E-state index contributed by atoms with van der Waals surface area (Å²) in [6.45, 7) is 2.73. The van der Waals surface area contributed by atoms with Crippen molar-refractivity contribution in [1.82, 2.24) is 4.90 Å². The van der Waals surface area contributed by atoms with Crippen LogP contribution in [-0.4, -0.2) is 30.1 Å². The molecule has 2 aromatic carbocycles.